The normalized spacial score (nSPS) is 28.2. The van der Waals surface area contributed by atoms with E-state index in [1.807, 2.05) is 12.1 Å². The van der Waals surface area contributed by atoms with Gasteiger partial charge in [-0.15, -0.1) is 0 Å². The van der Waals surface area contributed by atoms with Crippen LogP contribution >= 0.6 is 12.2 Å². The summed E-state index contributed by atoms with van der Waals surface area (Å²) in [5.41, 5.74) is 0. The Morgan fingerprint density at radius 3 is 3.00 bits per heavy atom. The molecule has 19 heavy (non-hydrogen) atoms. The topological polar surface area (TPSA) is 46.2 Å². The van der Waals surface area contributed by atoms with Crippen LogP contribution in [0.15, 0.2) is 18.3 Å². The predicted molar refractivity (Wildman–Crippen MR) is 79.4 cm³/mol. The summed E-state index contributed by atoms with van der Waals surface area (Å²) in [4.78, 5) is 4.25. The van der Waals surface area contributed by atoms with Crippen LogP contribution in [-0.2, 0) is 0 Å². The van der Waals surface area contributed by atoms with Crippen molar-refractivity contribution in [1.29, 1.82) is 0 Å². The van der Waals surface area contributed by atoms with Gasteiger partial charge in [-0.1, -0.05) is 6.42 Å². The summed E-state index contributed by atoms with van der Waals surface area (Å²) in [5.74, 6) is 3.09. The van der Waals surface area contributed by atoms with Gasteiger partial charge < -0.3 is 15.4 Å². The lowest BCUT2D eigenvalue weighted by Crippen LogP contribution is -2.41. The Hall–Kier alpha value is -1.36. The van der Waals surface area contributed by atoms with Crippen LogP contribution in [0, 0.1) is 11.8 Å². The molecule has 0 unspecified atom stereocenters. The fraction of sp³-hybridized carbons (Fsp3) is 0.571. The number of thiocarbonyl (C=S) groups is 1. The van der Waals surface area contributed by atoms with Crippen molar-refractivity contribution < 1.29 is 4.74 Å². The lowest BCUT2D eigenvalue weighted by atomic mass is 9.96. The van der Waals surface area contributed by atoms with Crippen LogP contribution in [0.2, 0.25) is 0 Å². The number of ether oxygens (including phenoxy) is 1. The molecule has 2 fully saturated rings. The standard InChI is InChI=1S/C14H19N3OS/c1-18-12-3-2-6-15-13(12)17-14(19)16-11-8-9-4-5-10(11)7-9/h2-3,6,9-11H,4-5,7-8H2,1H3,(H2,15,16,17,19)/t9-,10-,11+/m1/s1. The van der Waals surface area contributed by atoms with E-state index in [1.54, 1.807) is 13.3 Å². The van der Waals surface area contributed by atoms with Gasteiger partial charge in [-0.2, -0.15) is 0 Å². The number of pyridine rings is 1. The number of nitrogens with one attached hydrogen (secondary N) is 2. The van der Waals surface area contributed by atoms with E-state index in [9.17, 15) is 0 Å². The molecule has 4 nitrogen and oxygen atoms in total. The van der Waals surface area contributed by atoms with E-state index in [0.29, 0.717) is 22.7 Å². The lowest BCUT2D eigenvalue weighted by molar-refractivity contribution is 0.391. The Morgan fingerprint density at radius 1 is 1.42 bits per heavy atom. The van der Waals surface area contributed by atoms with Gasteiger partial charge >= 0.3 is 0 Å². The van der Waals surface area contributed by atoms with E-state index in [2.05, 4.69) is 15.6 Å². The molecule has 0 radical (unpaired) electrons. The van der Waals surface area contributed by atoms with Crippen molar-refractivity contribution in [1.82, 2.24) is 10.3 Å². The van der Waals surface area contributed by atoms with Gasteiger partial charge in [0.2, 0.25) is 0 Å². The molecule has 3 atom stereocenters. The van der Waals surface area contributed by atoms with Crippen LogP contribution in [-0.4, -0.2) is 23.2 Å². The summed E-state index contributed by atoms with van der Waals surface area (Å²) in [6.45, 7) is 0. The van der Waals surface area contributed by atoms with Gasteiger partial charge in [-0.05, 0) is 55.4 Å². The zero-order chi connectivity index (χ0) is 13.2. The average molecular weight is 277 g/mol. The highest BCUT2D eigenvalue weighted by Gasteiger charge is 2.39. The SMILES string of the molecule is COc1cccnc1NC(=S)N[C@H]1C[C@@H]2CC[C@@H]1C2. The second kappa shape index (κ2) is 5.33. The molecule has 2 aliphatic carbocycles. The summed E-state index contributed by atoms with van der Waals surface area (Å²) in [6.07, 6.45) is 7.10. The van der Waals surface area contributed by atoms with Crippen LogP contribution in [0.4, 0.5) is 5.82 Å². The first-order valence-electron chi connectivity index (χ1n) is 6.83. The van der Waals surface area contributed by atoms with E-state index in [4.69, 9.17) is 17.0 Å². The summed E-state index contributed by atoms with van der Waals surface area (Å²) >= 11 is 5.38. The monoisotopic (exact) mass is 277 g/mol. The Bertz CT molecular complexity index is 480. The van der Waals surface area contributed by atoms with Crippen LogP contribution in [0.25, 0.3) is 0 Å². The second-order valence-corrected chi connectivity index (χ2v) is 5.84. The van der Waals surface area contributed by atoms with Gasteiger partial charge in [0.15, 0.2) is 16.7 Å². The number of methoxy groups -OCH3 is 1. The fourth-order valence-corrected chi connectivity index (χ4v) is 3.63. The quantitative estimate of drug-likeness (QED) is 0.832. The number of rotatable bonds is 3. The largest absolute Gasteiger partial charge is 0.493 e. The fourth-order valence-electron chi connectivity index (χ4n) is 3.38. The predicted octanol–water partition coefficient (Wildman–Crippen LogP) is 2.57. The molecule has 1 aromatic heterocycles. The van der Waals surface area contributed by atoms with Crippen LogP contribution in [0.5, 0.6) is 5.75 Å². The highest BCUT2D eigenvalue weighted by Crippen LogP contribution is 2.44. The van der Waals surface area contributed by atoms with Crippen molar-refractivity contribution >= 4 is 23.1 Å². The maximum absolute atomic E-state index is 5.38. The molecule has 0 spiro atoms. The minimum absolute atomic E-state index is 0.536. The molecule has 5 heteroatoms. The molecule has 2 N–H and O–H groups in total. The summed E-state index contributed by atoms with van der Waals surface area (Å²) in [6, 6.07) is 4.25. The van der Waals surface area contributed by atoms with Gasteiger partial charge in [0, 0.05) is 12.2 Å². The first-order chi connectivity index (χ1) is 9.26. The maximum Gasteiger partial charge on any atom is 0.174 e. The van der Waals surface area contributed by atoms with Gasteiger partial charge in [-0.25, -0.2) is 4.98 Å². The first kappa shape index (κ1) is 12.7. The molecule has 2 bridgehead atoms. The number of hydrogen-bond acceptors (Lipinski definition) is 3. The Kier molecular flexibility index (Phi) is 3.55. The van der Waals surface area contributed by atoms with Gasteiger partial charge in [0.25, 0.3) is 0 Å². The molecular weight excluding hydrogens is 258 g/mol. The first-order valence-corrected chi connectivity index (χ1v) is 7.23. The molecule has 0 saturated heterocycles. The maximum atomic E-state index is 5.38. The lowest BCUT2D eigenvalue weighted by Gasteiger charge is -2.24. The van der Waals surface area contributed by atoms with E-state index >= 15 is 0 Å². The average Bonchev–Trinajstić information content (AvgIpc) is 3.01. The second-order valence-electron chi connectivity index (χ2n) is 5.43. The zero-order valence-corrected chi connectivity index (χ0v) is 11.9. The number of hydrogen-bond donors (Lipinski definition) is 2. The molecule has 0 aromatic carbocycles. The van der Waals surface area contributed by atoms with E-state index in [-0.39, 0.29) is 0 Å². The Morgan fingerprint density at radius 2 is 2.32 bits per heavy atom. The summed E-state index contributed by atoms with van der Waals surface area (Å²) in [7, 11) is 1.63. The van der Waals surface area contributed by atoms with Crippen molar-refractivity contribution in [2.45, 2.75) is 31.7 Å². The highest BCUT2D eigenvalue weighted by molar-refractivity contribution is 7.80. The van der Waals surface area contributed by atoms with Crippen molar-refractivity contribution in [3.05, 3.63) is 18.3 Å². The Labute approximate surface area is 118 Å². The summed E-state index contributed by atoms with van der Waals surface area (Å²) < 4.78 is 5.25. The molecule has 3 rings (SSSR count). The number of aromatic nitrogens is 1. The molecule has 2 aliphatic rings. The van der Waals surface area contributed by atoms with E-state index in [1.165, 1.54) is 25.7 Å². The number of fused-ring (bicyclic) bond motifs is 2. The van der Waals surface area contributed by atoms with Gasteiger partial charge in [0.05, 0.1) is 7.11 Å². The van der Waals surface area contributed by atoms with Crippen molar-refractivity contribution in [2.24, 2.45) is 11.8 Å². The van der Waals surface area contributed by atoms with Gasteiger partial charge in [0.1, 0.15) is 0 Å². The number of anilines is 1. The molecule has 0 amide bonds. The molecule has 102 valence electrons. The minimum Gasteiger partial charge on any atom is -0.493 e. The van der Waals surface area contributed by atoms with Crippen LogP contribution < -0.4 is 15.4 Å². The van der Waals surface area contributed by atoms with Crippen LogP contribution in [0.3, 0.4) is 0 Å². The van der Waals surface area contributed by atoms with Crippen LogP contribution in [0.1, 0.15) is 25.7 Å². The third-order valence-electron chi connectivity index (χ3n) is 4.28. The van der Waals surface area contributed by atoms with E-state index < -0.39 is 0 Å². The van der Waals surface area contributed by atoms with E-state index in [0.717, 1.165) is 11.8 Å². The smallest absolute Gasteiger partial charge is 0.174 e. The zero-order valence-electron chi connectivity index (χ0n) is 11.1. The minimum atomic E-state index is 0.536. The molecular formula is C14H19N3OS. The molecule has 1 aromatic rings. The van der Waals surface area contributed by atoms with Crippen molar-refractivity contribution in [2.75, 3.05) is 12.4 Å². The Balaban J connectivity index is 1.59. The summed E-state index contributed by atoms with van der Waals surface area (Å²) in [5, 5.41) is 7.21. The van der Waals surface area contributed by atoms with Crippen molar-refractivity contribution in [3.8, 4) is 5.75 Å². The highest BCUT2D eigenvalue weighted by atomic mass is 32.1. The number of nitrogens with zero attached hydrogens (tertiary/aromatic N) is 1. The van der Waals surface area contributed by atoms with Crippen molar-refractivity contribution in [3.63, 3.8) is 0 Å². The third kappa shape index (κ3) is 2.66. The molecule has 1 heterocycles. The van der Waals surface area contributed by atoms with Gasteiger partial charge in [-0.3, -0.25) is 0 Å². The molecule has 0 aliphatic heterocycles. The molecule has 2 saturated carbocycles. The third-order valence-corrected chi connectivity index (χ3v) is 4.50.